The predicted octanol–water partition coefficient (Wildman–Crippen LogP) is 6.75. The quantitative estimate of drug-likeness (QED) is 0.136. The summed E-state index contributed by atoms with van der Waals surface area (Å²) >= 11 is 0. The number of esters is 1. The van der Waals surface area contributed by atoms with E-state index in [2.05, 4.69) is 32.6 Å². The van der Waals surface area contributed by atoms with Crippen LogP contribution in [0.25, 0.3) is 0 Å². The molecular weight excluding hydrogens is 284 g/mol. The second-order valence-electron chi connectivity index (χ2n) is 6.34. The molecule has 0 radical (unpaired) electrons. The lowest BCUT2D eigenvalue weighted by atomic mass is 10.1. The van der Waals surface area contributed by atoms with Crippen molar-refractivity contribution in [2.75, 3.05) is 0 Å². The Morgan fingerprint density at radius 3 is 2.04 bits per heavy atom. The summed E-state index contributed by atoms with van der Waals surface area (Å²) in [6.07, 6.45) is 22.1. The molecule has 0 aliphatic carbocycles. The highest BCUT2D eigenvalue weighted by molar-refractivity contribution is 5.81. The maximum atomic E-state index is 11.2. The summed E-state index contributed by atoms with van der Waals surface area (Å²) in [6, 6.07) is 0. The van der Waals surface area contributed by atoms with Crippen molar-refractivity contribution in [3.63, 3.8) is 0 Å². The number of hydrogen-bond acceptors (Lipinski definition) is 2. The van der Waals surface area contributed by atoms with Crippen molar-refractivity contribution in [1.82, 2.24) is 0 Å². The Bertz CT molecular complexity index is 307. The zero-order valence-electron chi connectivity index (χ0n) is 15.5. The van der Waals surface area contributed by atoms with Gasteiger partial charge in [0.05, 0.1) is 0 Å². The summed E-state index contributed by atoms with van der Waals surface area (Å²) in [6.45, 7) is 7.76. The van der Waals surface area contributed by atoms with E-state index in [9.17, 15) is 4.79 Å². The monoisotopic (exact) mass is 322 g/mol. The first-order valence-corrected chi connectivity index (χ1v) is 9.72. The Kier molecular flexibility index (Phi) is 16.5. The number of carbonyl (C=O) groups excluding carboxylic acids is 1. The fourth-order valence-corrected chi connectivity index (χ4v) is 2.65. The molecule has 0 aromatic heterocycles. The molecule has 134 valence electrons. The molecule has 0 spiro atoms. The van der Waals surface area contributed by atoms with Crippen LogP contribution < -0.4 is 0 Å². The number of unbranched alkanes of at least 4 members (excludes halogenated alkanes) is 9. The van der Waals surface area contributed by atoms with Crippen LogP contribution in [0.15, 0.2) is 24.8 Å². The standard InChI is InChI=1S/C21H38O2/c1-4-7-8-9-10-11-12-13-14-15-16-17-18-19-20(5-2)23-21(22)6-3/h6,14-15,20H,3-5,7-13,16-19H2,1-2H3. The van der Waals surface area contributed by atoms with E-state index < -0.39 is 0 Å². The Hall–Kier alpha value is -1.05. The van der Waals surface area contributed by atoms with E-state index in [1.165, 1.54) is 63.9 Å². The van der Waals surface area contributed by atoms with E-state index in [1.54, 1.807) is 0 Å². The third-order valence-electron chi connectivity index (χ3n) is 4.19. The van der Waals surface area contributed by atoms with Gasteiger partial charge < -0.3 is 4.74 Å². The predicted molar refractivity (Wildman–Crippen MR) is 101 cm³/mol. The molecule has 0 bridgehead atoms. The van der Waals surface area contributed by atoms with Crippen molar-refractivity contribution in [2.24, 2.45) is 0 Å². The van der Waals surface area contributed by atoms with Crippen molar-refractivity contribution in [3.05, 3.63) is 24.8 Å². The maximum absolute atomic E-state index is 11.2. The topological polar surface area (TPSA) is 26.3 Å². The molecular formula is C21H38O2. The minimum absolute atomic E-state index is 0.0530. The molecule has 23 heavy (non-hydrogen) atoms. The van der Waals surface area contributed by atoms with Gasteiger partial charge in [-0.1, -0.05) is 71.1 Å². The van der Waals surface area contributed by atoms with Gasteiger partial charge in [0.2, 0.25) is 0 Å². The maximum Gasteiger partial charge on any atom is 0.330 e. The molecule has 0 rings (SSSR count). The van der Waals surface area contributed by atoms with E-state index in [-0.39, 0.29) is 12.1 Å². The van der Waals surface area contributed by atoms with Crippen LogP contribution in [0, 0.1) is 0 Å². The zero-order valence-corrected chi connectivity index (χ0v) is 15.5. The Balaban J connectivity index is 3.39. The van der Waals surface area contributed by atoms with Gasteiger partial charge in [0, 0.05) is 6.08 Å². The van der Waals surface area contributed by atoms with E-state index in [1.807, 2.05) is 0 Å². The van der Waals surface area contributed by atoms with E-state index in [0.717, 1.165) is 25.7 Å². The van der Waals surface area contributed by atoms with Crippen LogP contribution in [0.2, 0.25) is 0 Å². The number of allylic oxidation sites excluding steroid dienone is 2. The van der Waals surface area contributed by atoms with Crippen molar-refractivity contribution >= 4 is 5.97 Å². The molecule has 0 aromatic rings. The van der Waals surface area contributed by atoms with Crippen LogP contribution in [0.1, 0.15) is 97.3 Å². The summed E-state index contributed by atoms with van der Waals surface area (Å²) < 4.78 is 5.28. The Labute approximate surface area is 144 Å². The van der Waals surface area contributed by atoms with Crippen molar-refractivity contribution in [3.8, 4) is 0 Å². The largest absolute Gasteiger partial charge is 0.459 e. The summed E-state index contributed by atoms with van der Waals surface area (Å²) in [5, 5.41) is 0. The van der Waals surface area contributed by atoms with Gasteiger partial charge in [0.25, 0.3) is 0 Å². The molecule has 2 heteroatoms. The molecule has 0 saturated carbocycles. The van der Waals surface area contributed by atoms with Crippen LogP contribution in [-0.2, 0) is 9.53 Å². The Morgan fingerprint density at radius 2 is 1.48 bits per heavy atom. The summed E-state index contributed by atoms with van der Waals surface area (Å²) in [5.41, 5.74) is 0. The molecule has 0 amide bonds. The molecule has 1 unspecified atom stereocenters. The van der Waals surface area contributed by atoms with E-state index >= 15 is 0 Å². The van der Waals surface area contributed by atoms with E-state index in [4.69, 9.17) is 4.74 Å². The lowest BCUT2D eigenvalue weighted by molar-refractivity contribution is -0.143. The summed E-state index contributed by atoms with van der Waals surface area (Å²) in [4.78, 5) is 11.2. The molecule has 2 nitrogen and oxygen atoms in total. The van der Waals surface area contributed by atoms with Gasteiger partial charge >= 0.3 is 5.97 Å². The van der Waals surface area contributed by atoms with Gasteiger partial charge in [-0.05, 0) is 44.9 Å². The molecule has 0 N–H and O–H groups in total. The lowest BCUT2D eigenvalue weighted by Gasteiger charge is -2.14. The van der Waals surface area contributed by atoms with Crippen LogP contribution in [0.5, 0.6) is 0 Å². The van der Waals surface area contributed by atoms with Gasteiger partial charge in [0.15, 0.2) is 0 Å². The van der Waals surface area contributed by atoms with Crippen LogP contribution in [0.4, 0.5) is 0 Å². The first-order chi connectivity index (χ1) is 11.2. The smallest absolute Gasteiger partial charge is 0.330 e. The fraction of sp³-hybridized carbons (Fsp3) is 0.762. The summed E-state index contributed by atoms with van der Waals surface area (Å²) in [7, 11) is 0. The van der Waals surface area contributed by atoms with Crippen molar-refractivity contribution in [1.29, 1.82) is 0 Å². The highest BCUT2D eigenvalue weighted by Gasteiger charge is 2.09. The van der Waals surface area contributed by atoms with Crippen molar-refractivity contribution < 1.29 is 9.53 Å². The first kappa shape index (κ1) is 21.9. The highest BCUT2D eigenvalue weighted by atomic mass is 16.5. The van der Waals surface area contributed by atoms with Crippen LogP contribution >= 0.6 is 0 Å². The Morgan fingerprint density at radius 1 is 0.913 bits per heavy atom. The zero-order chi connectivity index (χ0) is 17.2. The third kappa shape index (κ3) is 15.6. The van der Waals surface area contributed by atoms with E-state index in [0.29, 0.717) is 0 Å². The third-order valence-corrected chi connectivity index (χ3v) is 4.19. The number of ether oxygens (including phenoxy) is 1. The molecule has 0 heterocycles. The van der Waals surface area contributed by atoms with Gasteiger partial charge in [0.1, 0.15) is 6.10 Å². The average molecular weight is 323 g/mol. The van der Waals surface area contributed by atoms with Gasteiger partial charge in [-0.2, -0.15) is 0 Å². The molecule has 1 atom stereocenters. The van der Waals surface area contributed by atoms with Gasteiger partial charge in [-0.15, -0.1) is 0 Å². The van der Waals surface area contributed by atoms with Gasteiger partial charge in [-0.3, -0.25) is 0 Å². The fourth-order valence-electron chi connectivity index (χ4n) is 2.65. The SMILES string of the molecule is C=CC(=O)OC(CC)CCCCC=CCCCCCCCCC. The van der Waals surface area contributed by atoms with Crippen LogP contribution in [0.3, 0.4) is 0 Å². The minimum atomic E-state index is -0.300. The number of hydrogen-bond donors (Lipinski definition) is 0. The molecule has 0 fully saturated rings. The molecule has 0 aromatic carbocycles. The van der Waals surface area contributed by atoms with Gasteiger partial charge in [-0.25, -0.2) is 4.79 Å². The number of carbonyl (C=O) groups is 1. The second kappa shape index (κ2) is 17.3. The minimum Gasteiger partial charge on any atom is -0.459 e. The molecule has 0 aliphatic rings. The first-order valence-electron chi connectivity index (χ1n) is 9.72. The normalized spacial score (nSPS) is 12.4. The lowest BCUT2D eigenvalue weighted by Crippen LogP contribution is -2.15. The number of rotatable bonds is 16. The molecule has 0 saturated heterocycles. The second-order valence-corrected chi connectivity index (χ2v) is 6.34. The summed E-state index contributed by atoms with van der Waals surface area (Å²) in [5.74, 6) is -0.300. The van der Waals surface area contributed by atoms with Crippen LogP contribution in [-0.4, -0.2) is 12.1 Å². The molecule has 0 aliphatic heterocycles. The average Bonchev–Trinajstić information content (AvgIpc) is 2.57. The van der Waals surface area contributed by atoms with Crippen molar-refractivity contribution in [2.45, 2.75) is 103 Å². The highest BCUT2D eigenvalue weighted by Crippen LogP contribution is 2.12.